The molecule has 2 aromatic heterocycles. The van der Waals surface area contributed by atoms with Crippen molar-refractivity contribution in [2.75, 3.05) is 0 Å². The third-order valence-corrected chi connectivity index (χ3v) is 5.27. The molecule has 0 aliphatic rings. The average molecular weight is 417 g/mol. The lowest BCUT2D eigenvalue weighted by Crippen LogP contribution is -2.25. The van der Waals surface area contributed by atoms with E-state index in [1.54, 1.807) is 25.1 Å². The van der Waals surface area contributed by atoms with E-state index in [1.165, 1.54) is 0 Å². The fourth-order valence-electron chi connectivity index (χ4n) is 3.76. The molecule has 31 heavy (non-hydrogen) atoms. The number of ether oxygens (including phenoxy) is 1. The minimum Gasteiger partial charge on any atom is -0.454 e. The molecule has 0 aliphatic heterocycles. The van der Waals surface area contributed by atoms with Crippen LogP contribution in [0.1, 0.15) is 41.6 Å². The normalized spacial score (nSPS) is 12.2. The van der Waals surface area contributed by atoms with Gasteiger partial charge in [0.25, 0.3) is 5.56 Å². The minimum atomic E-state index is -0.885. The van der Waals surface area contributed by atoms with Crippen LogP contribution in [0.2, 0.25) is 0 Å². The summed E-state index contributed by atoms with van der Waals surface area (Å²) in [5, 5.41) is 1.35. The first-order valence-electron chi connectivity index (χ1n) is 10.2. The van der Waals surface area contributed by atoms with Gasteiger partial charge in [-0.3, -0.25) is 14.4 Å². The summed E-state index contributed by atoms with van der Waals surface area (Å²) in [6.07, 6.45) is 0.122. The van der Waals surface area contributed by atoms with E-state index in [0.717, 1.165) is 16.6 Å². The van der Waals surface area contributed by atoms with Gasteiger partial charge in [-0.25, -0.2) is 4.98 Å². The van der Waals surface area contributed by atoms with Gasteiger partial charge in [0, 0.05) is 35.0 Å². The standard InChI is InChI=1S/C24H23N3O4/c1-14-22(16-8-3-5-10-18(16)25-14)23(29)15(2)31-21(28)13-7-12-20-26-19-11-6-4-9-17(19)24(30)27-20/h3-6,8-11,15,25H,7,12-13H2,1-2H3,(H,26,27,30)/t15-/m1/s1. The molecule has 0 spiro atoms. The van der Waals surface area contributed by atoms with Crippen molar-refractivity contribution in [1.29, 1.82) is 0 Å². The molecule has 0 radical (unpaired) electrons. The molecule has 7 heteroatoms. The van der Waals surface area contributed by atoms with Crippen LogP contribution in [0, 0.1) is 6.92 Å². The maximum atomic E-state index is 12.9. The lowest BCUT2D eigenvalue weighted by Gasteiger charge is -2.12. The summed E-state index contributed by atoms with van der Waals surface area (Å²) in [4.78, 5) is 47.6. The maximum absolute atomic E-state index is 12.9. The van der Waals surface area contributed by atoms with E-state index in [9.17, 15) is 14.4 Å². The topological polar surface area (TPSA) is 105 Å². The fourth-order valence-corrected chi connectivity index (χ4v) is 3.76. The first-order valence-corrected chi connectivity index (χ1v) is 10.2. The van der Waals surface area contributed by atoms with Gasteiger partial charge in [0.1, 0.15) is 5.82 Å². The first-order chi connectivity index (χ1) is 14.9. The Morgan fingerprint density at radius 3 is 2.55 bits per heavy atom. The summed E-state index contributed by atoms with van der Waals surface area (Å²) in [7, 11) is 0. The molecule has 4 aromatic rings. The number of aromatic amines is 2. The number of H-pyrrole nitrogens is 2. The molecule has 0 bridgehead atoms. The molecular formula is C24H23N3O4. The zero-order valence-electron chi connectivity index (χ0n) is 17.4. The highest BCUT2D eigenvalue weighted by atomic mass is 16.5. The summed E-state index contributed by atoms with van der Waals surface area (Å²) in [6, 6.07) is 14.7. The number of hydrogen-bond donors (Lipinski definition) is 2. The predicted molar refractivity (Wildman–Crippen MR) is 118 cm³/mol. The molecule has 0 fully saturated rings. The smallest absolute Gasteiger partial charge is 0.306 e. The van der Waals surface area contributed by atoms with Crippen molar-refractivity contribution < 1.29 is 14.3 Å². The number of benzene rings is 2. The summed E-state index contributed by atoms with van der Waals surface area (Å²) in [5.41, 5.74) is 2.60. The van der Waals surface area contributed by atoms with Crippen LogP contribution in [0.5, 0.6) is 0 Å². The number of para-hydroxylation sites is 2. The zero-order valence-corrected chi connectivity index (χ0v) is 17.4. The molecule has 0 unspecified atom stereocenters. The lowest BCUT2D eigenvalue weighted by molar-refractivity contribution is -0.146. The number of fused-ring (bicyclic) bond motifs is 2. The Bertz CT molecular complexity index is 1340. The Hall–Kier alpha value is -3.74. The van der Waals surface area contributed by atoms with Gasteiger partial charge < -0.3 is 14.7 Å². The number of nitrogens with zero attached hydrogens (tertiary/aromatic N) is 1. The fraction of sp³-hybridized carbons (Fsp3) is 0.250. The number of aryl methyl sites for hydroxylation is 2. The molecule has 0 amide bonds. The van der Waals surface area contributed by atoms with Gasteiger partial charge in [0.2, 0.25) is 5.78 Å². The number of esters is 1. The highest BCUT2D eigenvalue weighted by Gasteiger charge is 2.24. The second-order valence-corrected chi connectivity index (χ2v) is 7.55. The predicted octanol–water partition coefficient (Wildman–Crippen LogP) is 3.85. The van der Waals surface area contributed by atoms with E-state index in [0.29, 0.717) is 35.1 Å². The van der Waals surface area contributed by atoms with Crippen molar-refractivity contribution in [3.05, 3.63) is 76.0 Å². The molecule has 0 aliphatic carbocycles. The van der Waals surface area contributed by atoms with Crippen LogP contribution in [-0.4, -0.2) is 32.8 Å². The van der Waals surface area contributed by atoms with Gasteiger partial charge >= 0.3 is 5.97 Å². The summed E-state index contributed by atoms with van der Waals surface area (Å²) < 4.78 is 5.38. The van der Waals surface area contributed by atoms with Crippen molar-refractivity contribution >= 4 is 33.6 Å². The van der Waals surface area contributed by atoms with Crippen LogP contribution in [0.4, 0.5) is 0 Å². The van der Waals surface area contributed by atoms with Crippen molar-refractivity contribution in [3.63, 3.8) is 0 Å². The Labute approximate surface area is 178 Å². The first kappa shape index (κ1) is 20.5. The molecule has 4 rings (SSSR count). The number of Topliss-reactive ketones (excluding diaryl/α,β-unsaturated/α-hetero) is 1. The van der Waals surface area contributed by atoms with Crippen LogP contribution in [0.25, 0.3) is 21.8 Å². The van der Waals surface area contributed by atoms with Gasteiger partial charge in [-0.2, -0.15) is 0 Å². The van der Waals surface area contributed by atoms with Crippen LogP contribution in [0.15, 0.2) is 53.3 Å². The SMILES string of the molecule is Cc1[nH]c2ccccc2c1C(=O)[C@@H](C)OC(=O)CCCc1nc2ccccc2c(=O)[nH]1. The van der Waals surface area contributed by atoms with Crippen molar-refractivity contribution in [2.45, 2.75) is 39.2 Å². The molecule has 0 saturated carbocycles. The summed E-state index contributed by atoms with van der Waals surface area (Å²) >= 11 is 0. The van der Waals surface area contributed by atoms with Crippen LogP contribution in [-0.2, 0) is 16.0 Å². The molecule has 2 aromatic carbocycles. The van der Waals surface area contributed by atoms with Crippen LogP contribution >= 0.6 is 0 Å². The lowest BCUT2D eigenvalue weighted by atomic mass is 10.0. The van der Waals surface area contributed by atoms with Crippen LogP contribution < -0.4 is 5.56 Å². The van der Waals surface area contributed by atoms with Gasteiger partial charge in [-0.05, 0) is 38.5 Å². The van der Waals surface area contributed by atoms with Gasteiger partial charge in [-0.15, -0.1) is 0 Å². The second kappa shape index (κ2) is 8.55. The summed E-state index contributed by atoms with van der Waals surface area (Å²) in [5.74, 6) is -0.166. The molecule has 2 heterocycles. The number of aromatic nitrogens is 3. The number of carbonyl (C=O) groups excluding carboxylic acids is 2. The molecular weight excluding hydrogens is 394 g/mol. The molecule has 7 nitrogen and oxygen atoms in total. The Morgan fingerprint density at radius 2 is 1.74 bits per heavy atom. The van der Waals surface area contributed by atoms with Gasteiger partial charge in [-0.1, -0.05) is 30.3 Å². The van der Waals surface area contributed by atoms with Crippen molar-refractivity contribution in [3.8, 4) is 0 Å². The summed E-state index contributed by atoms with van der Waals surface area (Å²) in [6.45, 7) is 3.42. The van der Waals surface area contributed by atoms with Gasteiger partial charge in [0.05, 0.1) is 10.9 Å². The number of rotatable bonds is 7. The van der Waals surface area contributed by atoms with E-state index in [1.807, 2.05) is 37.3 Å². The van der Waals surface area contributed by atoms with E-state index >= 15 is 0 Å². The number of ketones is 1. The minimum absolute atomic E-state index is 0.126. The van der Waals surface area contributed by atoms with Crippen LogP contribution in [0.3, 0.4) is 0 Å². The Morgan fingerprint density at radius 1 is 1.03 bits per heavy atom. The van der Waals surface area contributed by atoms with E-state index < -0.39 is 12.1 Å². The average Bonchev–Trinajstić information content (AvgIpc) is 3.08. The third kappa shape index (κ3) is 4.26. The molecule has 1 atom stereocenters. The second-order valence-electron chi connectivity index (χ2n) is 7.55. The maximum Gasteiger partial charge on any atom is 0.306 e. The van der Waals surface area contributed by atoms with E-state index in [-0.39, 0.29) is 17.8 Å². The molecule has 2 N–H and O–H groups in total. The number of hydrogen-bond acceptors (Lipinski definition) is 5. The van der Waals surface area contributed by atoms with E-state index in [2.05, 4.69) is 15.0 Å². The third-order valence-electron chi connectivity index (χ3n) is 5.27. The number of nitrogens with one attached hydrogen (secondary N) is 2. The Balaban J connectivity index is 1.36. The quantitative estimate of drug-likeness (QED) is 0.351. The van der Waals surface area contributed by atoms with Crippen molar-refractivity contribution in [1.82, 2.24) is 15.0 Å². The van der Waals surface area contributed by atoms with Crippen molar-refractivity contribution in [2.24, 2.45) is 0 Å². The largest absolute Gasteiger partial charge is 0.454 e. The highest BCUT2D eigenvalue weighted by molar-refractivity contribution is 6.11. The zero-order chi connectivity index (χ0) is 22.0. The van der Waals surface area contributed by atoms with Gasteiger partial charge in [0.15, 0.2) is 6.10 Å². The van der Waals surface area contributed by atoms with E-state index in [4.69, 9.17) is 4.74 Å². The Kier molecular flexibility index (Phi) is 5.66. The molecule has 158 valence electrons. The molecule has 0 saturated heterocycles. The number of carbonyl (C=O) groups is 2. The highest BCUT2D eigenvalue weighted by Crippen LogP contribution is 2.24. The monoisotopic (exact) mass is 417 g/mol.